The van der Waals surface area contributed by atoms with E-state index in [0.717, 1.165) is 25.7 Å². The van der Waals surface area contributed by atoms with E-state index in [1.165, 1.54) is 0 Å². The summed E-state index contributed by atoms with van der Waals surface area (Å²) < 4.78 is 12.2. The first-order chi connectivity index (χ1) is 15.8. The number of unbranched alkanes of at least 4 members (excludes halogenated alkanes) is 3. The Morgan fingerprint density at radius 2 is 1.82 bits per heavy atom. The third-order valence-electron chi connectivity index (χ3n) is 7.66. The number of cyclic esters (lactones) is 1. The van der Waals surface area contributed by atoms with Crippen LogP contribution in [0.25, 0.3) is 0 Å². The summed E-state index contributed by atoms with van der Waals surface area (Å²) in [5.74, 6) is -2.38. The van der Waals surface area contributed by atoms with E-state index in [2.05, 4.69) is 0 Å². The van der Waals surface area contributed by atoms with Crippen LogP contribution in [0.5, 0.6) is 0 Å². The largest absolute Gasteiger partial charge is 0.461 e. The number of rotatable bonds is 8. The molecule has 4 aliphatic rings. The molecule has 1 N–H and O–H groups in total. The summed E-state index contributed by atoms with van der Waals surface area (Å²) in [7, 11) is 0. The van der Waals surface area contributed by atoms with Crippen LogP contribution in [0.4, 0.5) is 0 Å². The lowest BCUT2D eigenvalue weighted by atomic mass is 9.73. The second-order valence-corrected chi connectivity index (χ2v) is 9.81. The summed E-state index contributed by atoms with van der Waals surface area (Å²) >= 11 is 0. The third kappa shape index (κ3) is 3.71. The zero-order chi connectivity index (χ0) is 23.8. The number of likely N-dealkylation sites (tertiary alicyclic amines) is 1. The van der Waals surface area contributed by atoms with Crippen molar-refractivity contribution in [1.29, 1.82) is 0 Å². The van der Waals surface area contributed by atoms with Gasteiger partial charge in [-0.25, -0.2) is 0 Å². The van der Waals surface area contributed by atoms with Gasteiger partial charge in [-0.1, -0.05) is 38.0 Å². The summed E-state index contributed by atoms with van der Waals surface area (Å²) in [6.45, 7) is 7.02. The Morgan fingerprint density at radius 1 is 1.06 bits per heavy atom. The number of esters is 1. The molecule has 5 atom stereocenters. The van der Waals surface area contributed by atoms with Crippen LogP contribution in [0, 0.1) is 11.8 Å². The fraction of sp³-hybridized carbons (Fsp3) is 0.720. The standard InChI is InChI=1S/C25H36N2O6/c1-4-24-11-10-16-32-23(31)19(24)18-21(29)27(13-7-5-6-8-15-28)20-22(30)26(17(2)3)14-9-12-25(18,20)33-24/h9-12,17-20,28H,4-8,13-16H2,1-3H3/t18-,19+,20?,24-,25-/m0/s1. The minimum Gasteiger partial charge on any atom is -0.461 e. The van der Waals surface area contributed by atoms with E-state index in [1.807, 2.05) is 39.0 Å². The fourth-order valence-corrected chi connectivity index (χ4v) is 6.07. The minimum absolute atomic E-state index is 0.0327. The predicted molar refractivity (Wildman–Crippen MR) is 121 cm³/mol. The number of carbonyl (C=O) groups is 3. The van der Waals surface area contributed by atoms with Crippen molar-refractivity contribution >= 4 is 17.8 Å². The molecule has 1 unspecified atom stereocenters. The van der Waals surface area contributed by atoms with E-state index in [0.29, 0.717) is 19.5 Å². The Balaban J connectivity index is 1.76. The SMILES string of the molecule is CC[C@]12C=CCOC(=O)[C@H]1[C@H]1C(=O)N(CCCCCCO)C3C(=O)N(C(C)C)CC=C[C@@]31O2. The van der Waals surface area contributed by atoms with E-state index in [-0.39, 0.29) is 31.1 Å². The Morgan fingerprint density at radius 3 is 2.52 bits per heavy atom. The molecule has 4 heterocycles. The second kappa shape index (κ2) is 9.22. The Bertz CT molecular complexity index is 854. The van der Waals surface area contributed by atoms with Crippen LogP contribution >= 0.6 is 0 Å². The van der Waals surface area contributed by atoms with Crippen molar-refractivity contribution in [2.24, 2.45) is 11.8 Å². The van der Waals surface area contributed by atoms with Gasteiger partial charge in [0.15, 0.2) is 0 Å². The first-order valence-corrected chi connectivity index (χ1v) is 12.3. The molecule has 0 aromatic heterocycles. The van der Waals surface area contributed by atoms with Gasteiger partial charge in [-0.2, -0.15) is 0 Å². The molecular weight excluding hydrogens is 424 g/mol. The molecule has 8 heteroatoms. The van der Waals surface area contributed by atoms with E-state index in [1.54, 1.807) is 15.9 Å². The van der Waals surface area contributed by atoms with E-state index in [9.17, 15) is 14.4 Å². The fourth-order valence-electron chi connectivity index (χ4n) is 6.07. The quantitative estimate of drug-likeness (QED) is 0.337. The van der Waals surface area contributed by atoms with Gasteiger partial charge in [-0.3, -0.25) is 14.4 Å². The number of nitrogens with zero attached hydrogens (tertiary/aromatic N) is 2. The number of hydrogen-bond donors (Lipinski definition) is 1. The van der Waals surface area contributed by atoms with Crippen LogP contribution in [0.15, 0.2) is 24.3 Å². The number of hydrogen-bond acceptors (Lipinski definition) is 6. The van der Waals surface area contributed by atoms with Crippen molar-refractivity contribution in [2.45, 2.75) is 76.2 Å². The Hall–Kier alpha value is -2.19. The van der Waals surface area contributed by atoms with Gasteiger partial charge in [-0.05, 0) is 39.2 Å². The van der Waals surface area contributed by atoms with Crippen molar-refractivity contribution in [2.75, 3.05) is 26.3 Å². The van der Waals surface area contributed by atoms with Crippen molar-refractivity contribution in [1.82, 2.24) is 9.80 Å². The number of amides is 2. The number of aliphatic hydroxyl groups excluding tert-OH is 1. The van der Waals surface area contributed by atoms with Crippen LogP contribution in [0.2, 0.25) is 0 Å². The maximum absolute atomic E-state index is 13.9. The van der Waals surface area contributed by atoms with E-state index < -0.39 is 35.0 Å². The van der Waals surface area contributed by atoms with Gasteiger partial charge in [0, 0.05) is 25.7 Å². The molecule has 0 aromatic carbocycles. The van der Waals surface area contributed by atoms with Gasteiger partial charge in [0.1, 0.15) is 29.8 Å². The molecule has 2 amide bonds. The lowest BCUT2D eigenvalue weighted by Crippen LogP contribution is -2.57. The summed E-state index contributed by atoms with van der Waals surface area (Å²) in [5.41, 5.74) is -2.18. The number of aliphatic hydroxyl groups is 1. The highest BCUT2D eigenvalue weighted by molar-refractivity contribution is 5.99. The highest BCUT2D eigenvalue weighted by atomic mass is 16.6. The van der Waals surface area contributed by atoms with Gasteiger partial charge in [-0.15, -0.1) is 0 Å². The smallest absolute Gasteiger partial charge is 0.313 e. The van der Waals surface area contributed by atoms with Gasteiger partial charge in [0.2, 0.25) is 11.8 Å². The molecule has 33 heavy (non-hydrogen) atoms. The van der Waals surface area contributed by atoms with Crippen LogP contribution in [-0.2, 0) is 23.9 Å². The molecule has 1 spiro atoms. The lowest BCUT2D eigenvalue weighted by molar-refractivity contribution is -0.159. The first kappa shape index (κ1) is 24.0. The minimum atomic E-state index is -1.20. The maximum atomic E-state index is 13.9. The molecular formula is C25H36N2O6. The van der Waals surface area contributed by atoms with Crippen molar-refractivity contribution in [3.8, 4) is 0 Å². The third-order valence-corrected chi connectivity index (χ3v) is 7.66. The van der Waals surface area contributed by atoms with Gasteiger partial charge in [0.25, 0.3) is 0 Å². The number of carbonyl (C=O) groups excluding carboxylic acids is 3. The average molecular weight is 461 g/mol. The second-order valence-electron chi connectivity index (χ2n) is 9.81. The van der Waals surface area contributed by atoms with E-state index >= 15 is 0 Å². The van der Waals surface area contributed by atoms with Crippen LogP contribution < -0.4 is 0 Å². The van der Waals surface area contributed by atoms with Crippen molar-refractivity contribution in [3.05, 3.63) is 24.3 Å². The highest BCUT2D eigenvalue weighted by Crippen LogP contribution is 2.58. The Kier molecular flexibility index (Phi) is 6.69. The molecule has 0 saturated carbocycles. The van der Waals surface area contributed by atoms with Crippen LogP contribution in [0.3, 0.4) is 0 Å². The Labute approximate surface area is 195 Å². The van der Waals surface area contributed by atoms with Gasteiger partial charge in [0.05, 0.1) is 5.92 Å². The van der Waals surface area contributed by atoms with Gasteiger partial charge < -0.3 is 24.4 Å². The average Bonchev–Trinajstić information content (AvgIpc) is 3.05. The molecule has 0 radical (unpaired) electrons. The molecule has 2 fully saturated rings. The zero-order valence-corrected chi connectivity index (χ0v) is 19.9. The summed E-state index contributed by atoms with van der Waals surface area (Å²) in [4.78, 5) is 44.4. The van der Waals surface area contributed by atoms with Crippen molar-refractivity contribution in [3.63, 3.8) is 0 Å². The topological polar surface area (TPSA) is 96.4 Å². The summed E-state index contributed by atoms with van der Waals surface area (Å²) in [5, 5.41) is 9.05. The molecule has 8 nitrogen and oxygen atoms in total. The monoisotopic (exact) mass is 460 g/mol. The van der Waals surface area contributed by atoms with E-state index in [4.69, 9.17) is 14.6 Å². The van der Waals surface area contributed by atoms with Crippen molar-refractivity contribution < 1.29 is 29.0 Å². The highest BCUT2D eigenvalue weighted by Gasteiger charge is 2.75. The summed E-state index contributed by atoms with van der Waals surface area (Å²) in [6.07, 6.45) is 11.1. The predicted octanol–water partition coefficient (Wildman–Crippen LogP) is 1.82. The molecule has 0 bridgehead atoms. The molecule has 4 rings (SSSR count). The number of ether oxygens (including phenoxy) is 2. The van der Waals surface area contributed by atoms with Gasteiger partial charge >= 0.3 is 5.97 Å². The molecule has 182 valence electrons. The maximum Gasteiger partial charge on any atom is 0.313 e. The number of fused-ring (bicyclic) bond motifs is 2. The molecule has 2 saturated heterocycles. The van der Waals surface area contributed by atoms with Crippen LogP contribution in [0.1, 0.15) is 52.9 Å². The van der Waals surface area contributed by atoms with Crippen LogP contribution in [-0.4, -0.2) is 82.3 Å². The summed E-state index contributed by atoms with van der Waals surface area (Å²) in [6, 6.07) is -0.847. The molecule has 0 aromatic rings. The first-order valence-electron chi connectivity index (χ1n) is 12.3. The lowest BCUT2D eigenvalue weighted by Gasteiger charge is -2.39. The molecule has 0 aliphatic carbocycles. The normalized spacial score (nSPS) is 35.4. The molecule has 4 aliphatic heterocycles. The zero-order valence-electron chi connectivity index (χ0n) is 19.9.